The Hall–Kier alpha value is -3.12. The lowest BCUT2D eigenvalue weighted by atomic mass is 9.88. The molecule has 0 bridgehead atoms. The van der Waals surface area contributed by atoms with Crippen LogP contribution >= 0.6 is 0 Å². The summed E-state index contributed by atoms with van der Waals surface area (Å²) >= 11 is 0. The molecule has 0 aromatic heterocycles. The number of hydroxylamine groups is 1. The number of alkyl halides is 17. The number of hydrogen-bond donors (Lipinski definition) is 3. The number of halogens is 17. The van der Waals surface area contributed by atoms with Gasteiger partial charge < -0.3 is 14.3 Å². The molecular weight excluding hydrogens is 853 g/mol. The summed E-state index contributed by atoms with van der Waals surface area (Å²) in [6.07, 6.45) is -4.51. The SMILES string of the molecule is CC(C)[Si](CCC(F)(F)C(F)(F)C(F)(F)C(F)(F)C(F)(F)C(F)(F)C(F)(F)C(F)(F)F)(OCCOc1ccc([C@@H](O)[C@@H](C)CC/C=C/C=C/C(=O)NO)cc1)C(C)C. The van der Waals surface area contributed by atoms with Gasteiger partial charge >= 0.3 is 47.6 Å². The fourth-order valence-electron chi connectivity index (χ4n) is 5.71. The van der Waals surface area contributed by atoms with Crippen molar-refractivity contribution in [3.8, 4) is 5.75 Å². The van der Waals surface area contributed by atoms with Gasteiger partial charge in [-0.25, -0.2) is 5.48 Å². The van der Waals surface area contributed by atoms with Gasteiger partial charge in [-0.3, -0.25) is 10.0 Å². The van der Waals surface area contributed by atoms with Crippen molar-refractivity contribution in [1.29, 1.82) is 0 Å². The normalized spacial score (nSPS) is 15.8. The van der Waals surface area contributed by atoms with Crippen molar-refractivity contribution < 1.29 is 98.9 Å². The molecular formula is C34H42F17NO5Si. The Balaban J connectivity index is 3.12. The molecule has 1 aromatic rings. The highest BCUT2D eigenvalue weighted by atomic mass is 28.4. The summed E-state index contributed by atoms with van der Waals surface area (Å²) in [6, 6.07) is 4.57. The van der Waals surface area contributed by atoms with Gasteiger partial charge in [0.15, 0.2) is 8.32 Å². The van der Waals surface area contributed by atoms with Gasteiger partial charge in [-0.15, -0.1) is 0 Å². The average Bonchev–Trinajstić information content (AvgIpc) is 3.11. The quantitative estimate of drug-likeness (QED) is 0.0194. The fourth-order valence-corrected chi connectivity index (χ4v) is 10.2. The molecule has 2 atom stereocenters. The van der Waals surface area contributed by atoms with Gasteiger partial charge in [0.2, 0.25) is 0 Å². The zero-order chi connectivity index (χ0) is 45.6. The topological polar surface area (TPSA) is 88.0 Å². The van der Waals surface area contributed by atoms with Crippen LogP contribution in [0.4, 0.5) is 74.6 Å². The van der Waals surface area contributed by atoms with E-state index in [1.54, 1.807) is 19.1 Å². The molecule has 0 saturated heterocycles. The Kier molecular flexibility index (Phi) is 17.4. The molecule has 0 spiro atoms. The number of ether oxygens (including phenoxy) is 1. The van der Waals surface area contributed by atoms with E-state index in [9.17, 15) is 84.5 Å². The highest BCUT2D eigenvalue weighted by Gasteiger charge is 2.95. The maximum atomic E-state index is 14.9. The third-order valence-electron chi connectivity index (χ3n) is 9.45. The zero-order valence-corrected chi connectivity index (χ0v) is 32.2. The smallest absolute Gasteiger partial charge is 0.460 e. The van der Waals surface area contributed by atoms with E-state index in [-0.39, 0.29) is 18.3 Å². The summed E-state index contributed by atoms with van der Waals surface area (Å²) in [7, 11) is -3.94. The number of aliphatic hydroxyl groups excluding tert-OH is 1. The first kappa shape index (κ1) is 52.9. The standard InChI is InChI=1S/C34H42F17NO5Si/c1-20(2)58(21(3)4,57-18-17-56-24-14-12-23(13-15-24)26(54)22(5)10-8-6-7-9-11-25(53)52-55)19-16-27(35,36)28(37,38)29(39,40)30(41,42)31(43,44)32(45,46)33(47,48)34(49,50)51/h6-7,9,11-15,20-22,26,54-55H,8,10,16-19H2,1-5H3,(H,52,53)/b7-6+,11-9+/t22-,26-/m0/s1. The Morgan fingerprint density at radius 2 is 1.17 bits per heavy atom. The van der Waals surface area contributed by atoms with Gasteiger partial charge in [0.05, 0.1) is 12.7 Å². The molecule has 0 unspecified atom stereocenters. The first-order valence-electron chi connectivity index (χ1n) is 17.1. The number of benzene rings is 1. The van der Waals surface area contributed by atoms with Crippen LogP contribution in [0.1, 0.15) is 65.5 Å². The summed E-state index contributed by atoms with van der Waals surface area (Å²) in [5.74, 6) is -57.5. The van der Waals surface area contributed by atoms with Crippen molar-refractivity contribution in [3.05, 3.63) is 54.1 Å². The summed E-state index contributed by atoms with van der Waals surface area (Å²) in [6.45, 7) is 6.22. The van der Waals surface area contributed by atoms with E-state index in [4.69, 9.17) is 14.4 Å². The molecule has 1 rings (SSSR count). The minimum atomic E-state index is -8.68. The minimum absolute atomic E-state index is 0.180. The summed E-state index contributed by atoms with van der Waals surface area (Å²) in [5, 5.41) is 19.1. The molecule has 0 aliphatic heterocycles. The monoisotopic (exact) mass is 895 g/mol. The van der Waals surface area contributed by atoms with Crippen LogP contribution in [-0.2, 0) is 9.22 Å². The second-order valence-corrected chi connectivity index (χ2v) is 18.9. The third kappa shape index (κ3) is 10.6. The van der Waals surface area contributed by atoms with Crippen molar-refractivity contribution >= 4 is 14.2 Å². The van der Waals surface area contributed by atoms with Crippen molar-refractivity contribution in [1.82, 2.24) is 5.48 Å². The number of aliphatic hydroxyl groups is 1. The second-order valence-electron chi connectivity index (χ2n) is 13.9. The molecule has 0 aliphatic carbocycles. The van der Waals surface area contributed by atoms with Crippen LogP contribution in [0.25, 0.3) is 0 Å². The number of rotatable bonds is 23. The predicted octanol–water partition coefficient (Wildman–Crippen LogP) is 11.3. The van der Waals surface area contributed by atoms with E-state index < -0.39 is 98.1 Å². The van der Waals surface area contributed by atoms with Crippen LogP contribution in [0.5, 0.6) is 5.75 Å². The highest BCUT2D eigenvalue weighted by molar-refractivity contribution is 6.76. The Labute approximate surface area is 322 Å². The molecule has 1 amide bonds. The van der Waals surface area contributed by atoms with Gasteiger partial charge in [0.25, 0.3) is 5.91 Å². The first-order valence-corrected chi connectivity index (χ1v) is 19.4. The van der Waals surface area contributed by atoms with Crippen LogP contribution in [0.15, 0.2) is 48.6 Å². The van der Waals surface area contributed by atoms with Crippen molar-refractivity contribution in [3.63, 3.8) is 0 Å². The molecule has 24 heteroatoms. The summed E-state index contributed by atoms with van der Waals surface area (Å²) in [5.41, 5.74) is 0.187. The molecule has 58 heavy (non-hydrogen) atoms. The van der Waals surface area contributed by atoms with Crippen LogP contribution in [0.2, 0.25) is 17.1 Å². The maximum Gasteiger partial charge on any atom is 0.460 e. The Morgan fingerprint density at radius 1 is 0.707 bits per heavy atom. The van der Waals surface area contributed by atoms with Crippen LogP contribution in [-0.4, -0.2) is 85.4 Å². The van der Waals surface area contributed by atoms with Crippen LogP contribution in [0, 0.1) is 5.92 Å². The number of nitrogens with one attached hydrogen (secondary N) is 1. The Morgan fingerprint density at radius 3 is 1.62 bits per heavy atom. The highest BCUT2D eigenvalue weighted by Crippen LogP contribution is 2.64. The van der Waals surface area contributed by atoms with E-state index in [1.165, 1.54) is 63.5 Å². The number of amides is 1. The number of hydrogen-bond acceptors (Lipinski definition) is 5. The predicted molar refractivity (Wildman–Crippen MR) is 176 cm³/mol. The Bertz CT molecular complexity index is 1530. The van der Waals surface area contributed by atoms with Gasteiger partial charge in [0, 0.05) is 12.5 Å². The average molecular weight is 896 g/mol. The van der Waals surface area contributed by atoms with E-state index in [0.717, 1.165) is 6.08 Å². The van der Waals surface area contributed by atoms with Crippen molar-refractivity contribution in [2.24, 2.45) is 5.92 Å². The number of allylic oxidation sites excluding steroid dienone is 3. The molecule has 1 aromatic carbocycles. The summed E-state index contributed by atoms with van der Waals surface area (Å²) < 4.78 is 245. The second kappa shape index (κ2) is 19.1. The molecule has 0 aliphatic rings. The molecule has 0 radical (unpaired) electrons. The van der Waals surface area contributed by atoms with Gasteiger partial charge in [-0.1, -0.05) is 65.0 Å². The zero-order valence-electron chi connectivity index (χ0n) is 31.2. The maximum absolute atomic E-state index is 14.9. The molecule has 0 heterocycles. The lowest BCUT2D eigenvalue weighted by molar-refractivity contribution is -0.461. The van der Waals surface area contributed by atoms with Gasteiger partial charge in [-0.05, 0) is 53.6 Å². The molecule has 336 valence electrons. The number of carbonyl (C=O) groups excluding carboxylic acids is 1. The molecule has 0 saturated carbocycles. The van der Waals surface area contributed by atoms with Crippen LogP contribution in [0.3, 0.4) is 0 Å². The van der Waals surface area contributed by atoms with E-state index in [0.29, 0.717) is 18.4 Å². The molecule has 6 nitrogen and oxygen atoms in total. The van der Waals surface area contributed by atoms with Gasteiger partial charge in [-0.2, -0.15) is 74.6 Å². The fraction of sp³-hybridized carbons (Fsp3) is 0.676. The largest absolute Gasteiger partial charge is 0.491 e. The first-order chi connectivity index (χ1) is 26.1. The summed E-state index contributed by atoms with van der Waals surface area (Å²) in [4.78, 5) is 10.9. The third-order valence-corrected chi connectivity index (χ3v) is 15.1. The van der Waals surface area contributed by atoms with E-state index >= 15 is 0 Å². The van der Waals surface area contributed by atoms with E-state index in [1.807, 2.05) is 0 Å². The lowest BCUT2D eigenvalue weighted by Crippen LogP contribution is -2.74. The number of carbonyl (C=O) groups is 1. The van der Waals surface area contributed by atoms with Gasteiger partial charge in [0.1, 0.15) is 12.4 Å². The lowest BCUT2D eigenvalue weighted by Gasteiger charge is -2.44. The van der Waals surface area contributed by atoms with E-state index in [2.05, 4.69) is 0 Å². The van der Waals surface area contributed by atoms with Crippen molar-refractivity contribution in [2.75, 3.05) is 13.2 Å². The molecule has 0 fully saturated rings. The minimum Gasteiger partial charge on any atom is -0.491 e. The van der Waals surface area contributed by atoms with Crippen LogP contribution < -0.4 is 10.2 Å². The molecule has 3 N–H and O–H groups in total. The van der Waals surface area contributed by atoms with Crippen molar-refractivity contribution in [2.45, 2.75) is 125 Å².